The van der Waals surface area contributed by atoms with Crippen LogP contribution in [0, 0.1) is 17.0 Å². The third-order valence-electron chi connectivity index (χ3n) is 4.28. The van der Waals surface area contributed by atoms with E-state index in [1.54, 1.807) is 17.9 Å². The van der Waals surface area contributed by atoms with Crippen molar-refractivity contribution in [2.75, 3.05) is 19.0 Å². The zero-order valence-electron chi connectivity index (χ0n) is 16.6. The number of ether oxygens (including phenoxy) is 2. The number of nitro benzene ring substituents is 1. The second-order valence-electron chi connectivity index (χ2n) is 6.50. The van der Waals surface area contributed by atoms with Gasteiger partial charge in [0.15, 0.2) is 6.61 Å². The van der Waals surface area contributed by atoms with E-state index in [0.29, 0.717) is 22.4 Å². The van der Waals surface area contributed by atoms with Crippen molar-refractivity contribution in [2.24, 2.45) is 0 Å². The van der Waals surface area contributed by atoms with Crippen LogP contribution in [0.1, 0.15) is 5.69 Å². The summed E-state index contributed by atoms with van der Waals surface area (Å²) in [4.78, 5) is 27.2. The maximum atomic E-state index is 12.4. The Balaban J connectivity index is 1.48. The quantitative estimate of drug-likeness (QED) is 0.344. The van der Waals surface area contributed by atoms with E-state index in [0.717, 1.165) is 16.0 Å². The van der Waals surface area contributed by atoms with E-state index in [9.17, 15) is 14.9 Å². The van der Waals surface area contributed by atoms with Gasteiger partial charge < -0.3 is 14.8 Å². The molecular weight excluding hydrogens is 422 g/mol. The highest BCUT2D eigenvalue weighted by molar-refractivity contribution is 7.20. The van der Waals surface area contributed by atoms with Gasteiger partial charge in [0, 0.05) is 18.2 Å². The Kier molecular flexibility index (Phi) is 5.50. The van der Waals surface area contributed by atoms with Crippen LogP contribution < -0.4 is 14.8 Å². The first kappa shape index (κ1) is 20.3. The minimum absolute atomic E-state index is 0.0513. The van der Waals surface area contributed by atoms with Crippen LogP contribution in [0.15, 0.2) is 48.5 Å². The summed E-state index contributed by atoms with van der Waals surface area (Å²) in [5.41, 5.74) is 1.46. The van der Waals surface area contributed by atoms with Crippen LogP contribution in [0.3, 0.4) is 0 Å². The van der Waals surface area contributed by atoms with Crippen molar-refractivity contribution in [3.05, 3.63) is 64.3 Å². The van der Waals surface area contributed by atoms with Crippen LogP contribution in [0.5, 0.6) is 11.5 Å². The van der Waals surface area contributed by atoms with Crippen molar-refractivity contribution < 1.29 is 19.2 Å². The predicted octanol–water partition coefficient (Wildman–Crippen LogP) is 3.72. The van der Waals surface area contributed by atoms with Crippen molar-refractivity contribution in [1.29, 1.82) is 0 Å². The number of anilines is 1. The molecule has 4 rings (SSSR count). The van der Waals surface area contributed by atoms with E-state index in [2.05, 4.69) is 15.4 Å². The summed E-state index contributed by atoms with van der Waals surface area (Å²) in [5.74, 6) is 1.14. The number of aromatic nitrogens is 3. The highest BCUT2D eigenvalue weighted by Gasteiger charge is 2.15. The van der Waals surface area contributed by atoms with E-state index in [4.69, 9.17) is 9.47 Å². The van der Waals surface area contributed by atoms with Gasteiger partial charge in [0.1, 0.15) is 17.3 Å². The average molecular weight is 439 g/mol. The number of aryl methyl sites for hydroxylation is 1. The third-order valence-corrected chi connectivity index (χ3v) is 5.28. The maximum Gasteiger partial charge on any atom is 0.269 e. The molecule has 4 aromatic rings. The SMILES string of the molecule is COc1ccc2nc(-n3nc(C)cc3NC(=O)COc3ccc([N+](=O)[O-])cc3)sc2c1. The molecule has 2 aromatic heterocycles. The van der Waals surface area contributed by atoms with Crippen molar-refractivity contribution in [3.8, 4) is 16.6 Å². The average Bonchev–Trinajstić information content (AvgIpc) is 3.34. The number of thiazole rings is 1. The van der Waals surface area contributed by atoms with Gasteiger partial charge in [-0.05, 0) is 37.3 Å². The number of fused-ring (bicyclic) bond motifs is 1. The molecule has 158 valence electrons. The summed E-state index contributed by atoms with van der Waals surface area (Å²) in [7, 11) is 1.60. The van der Waals surface area contributed by atoms with E-state index in [-0.39, 0.29) is 12.3 Å². The van der Waals surface area contributed by atoms with Crippen LogP contribution in [0.4, 0.5) is 11.5 Å². The van der Waals surface area contributed by atoms with Gasteiger partial charge in [0.05, 0.1) is 27.9 Å². The summed E-state index contributed by atoms with van der Waals surface area (Å²) < 4.78 is 13.2. The number of nitrogens with zero attached hydrogens (tertiary/aromatic N) is 4. The summed E-state index contributed by atoms with van der Waals surface area (Å²) in [6.45, 7) is 1.55. The zero-order chi connectivity index (χ0) is 22.0. The van der Waals surface area contributed by atoms with Crippen LogP contribution in [-0.2, 0) is 4.79 Å². The standard InChI is InChI=1S/C20H17N5O5S/c1-12-9-18(22-19(26)11-30-14-5-3-13(4-6-14)25(27)28)24(23-12)20-21-16-8-7-15(29-2)10-17(16)31-20/h3-10H,11H2,1-2H3,(H,22,26). The molecule has 10 nitrogen and oxygen atoms in total. The van der Waals surface area contributed by atoms with Gasteiger partial charge in [-0.1, -0.05) is 11.3 Å². The lowest BCUT2D eigenvalue weighted by atomic mass is 10.3. The Labute approximate surface area is 180 Å². The van der Waals surface area contributed by atoms with Gasteiger partial charge in [-0.25, -0.2) is 4.98 Å². The Morgan fingerprint density at radius 2 is 1.94 bits per heavy atom. The predicted molar refractivity (Wildman–Crippen MR) is 115 cm³/mol. The number of nitrogens with one attached hydrogen (secondary N) is 1. The molecule has 11 heteroatoms. The first-order chi connectivity index (χ1) is 14.9. The number of amides is 1. The van der Waals surface area contributed by atoms with E-state index in [1.807, 2.05) is 25.1 Å². The Hall–Kier alpha value is -3.99. The van der Waals surface area contributed by atoms with E-state index in [1.165, 1.54) is 35.6 Å². The van der Waals surface area contributed by atoms with Crippen molar-refractivity contribution in [1.82, 2.24) is 14.8 Å². The van der Waals surface area contributed by atoms with Gasteiger partial charge in [-0.15, -0.1) is 0 Å². The monoisotopic (exact) mass is 439 g/mol. The molecule has 0 aliphatic heterocycles. The molecule has 0 saturated heterocycles. The summed E-state index contributed by atoms with van der Waals surface area (Å²) in [5, 5.41) is 18.5. The Morgan fingerprint density at radius 1 is 1.19 bits per heavy atom. The molecule has 1 amide bonds. The highest BCUT2D eigenvalue weighted by atomic mass is 32.1. The summed E-state index contributed by atoms with van der Waals surface area (Å²) >= 11 is 1.42. The molecule has 0 radical (unpaired) electrons. The molecule has 0 aliphatic rings. The number of hydrogen-bond acceptors (Lipinski definition) is 8. The van der Waals surface area contributed by atoms with Crippen LogP contribution in [-0.4, -0.2) is 39.3 Å². The first-order valence-corrected chi connectivity index (χ1v) is 9.93. The number of methoxy groups -OCH3 is 1. The minimum Gasteiger partial charge on any atom is -0.497 e. The third kappa shape index (κ3) is 4.46. The van der Waals surface area contributed by atoms with E-state index < -0.39 is 10.8 Å². The normalized spacial score (nSPS) is 10.8. The van der Waals surface area contributed by atoms with E-state index >= 15 is 0 Å². The topological polar surface area (TPSA) is 121 Å². The molecule has 0 unspecified atom stereocenters. The number of carbonyl (C=O) groups is 1. The second-order valence-corrected chi connectivity index (χ2v) is 7.51. The lowest BCUT2D eigenvalue weighted by molar-refractivity contribution is -0.384. The van der Waals surface area contributed by atoms with Crippen LogP contribution in [0.2, 0.25) is 0 Å². The number of hydrogen-bond donors (Lipinski definition) is 1. The Morgan fingerprint density at radius 3 is 2.65 bits per heavy atom. The number of benzene rings is 2. The molecule has 0 bridgehead atoms. The number of non-ortho nitro benzene ring substituents is 1. The van der Waals surface area contributed by atoms with Gasteiger partial charge in [-0.3, -0.25) is 14.9 Å². The Bertz CT molecular complexity index is 1260. The molecule has 31 heavy (non-hydrogen) atoms. The molecular formula is C20H17N5O5S. The van der Waals surface area contributed by atoms with Gasteiger partial charge in [-0.2, -0.15) is 9.78 Å². The molecule has 1 N–H and O–H groups in total. The molecule has 0 atom stereocenters. The van der Waals surface area contributed by atoms with Crippen molar-refractivity contribution in [3.63, 3.8) is 0 Å². The fourth-order valence-electron chi connectivity index (χ4n) is 2.84. The molecule has 0 spiro atoms. The number of nitro groups is 1. The van der Waals surface area contributed by atoms with Crippen molar-refractivity contribution >= 4 is 39.0 Å². The number of rotatable bonds is 7. The summed E-state index contributed by atoms with van der Waals surface area (Å²) in [6, 6.07) is 12.8. The molecule has 2 aromatic carbocycles. The maximum absolute atomic E-state index is 12.4. The summed E-state index contributed by atoms with van der Waals surface area (Å²) in [6.07, 6.45) is 0. The minimum atomic E-state index is -0.502. The lowest BCUT2D eigenvalue weighted by Gasteiger charge is -2.08. The zero-order valence-corrected chi connectivity index (χ0v) is 17.4. The van der Waals surface area contributed by atoms with Gasteiger partial charge in [0.25, 0.3) is 11.6 Å². The van der Waals surface area contributed by atoms with Crippen LogP contribution >= 0.6 is 11.3 Å². The van der Waals surface area contributed by atoms with Crippen molar-refractivity contribution in [2.45, 2.75) is 6.92 Å². The molecule has 0 fully saturated rings. The fourth-order valence-corrected chi connectivity index (χ4v) is 3.80. The molecule has 2 heterocycles. The lowest BCUT2D eigenvalue weighted by Crippen LogP contribution is -2.21. The first-order valence-electron chi connectivity index (χ1n) is 9.11. The molecule has 0 aliphatic carbocycles. The second kappa shape index (κ2) is 8.40. The molecule has 0 saturated carbocycles. The number of carbonyl (C=O) groups excluding carboxylic acids is 1. The van der Waals surface area contributed by atoms with Gasteiger partial charge in [0.2, 0.25) is 5.13 Å². The highest BCUT2D eigenvalue weighted by Crippen LogP contribution is 2.30. The fraction of sp³-hybridized carbons (Fsp3) is 0.150. The van der Waals surface area contributed by atoms with Crippen LogP contribution in [0.25, 0.3) is 15.3 Å². The largest absolute Gasteiger partial charge is 0.497 e. The van der Waals surface area contributed by atoms with Gasteiger partial charge >= 0.3 is 0 Å². The smallest absolute Gasteiger partial charge is 0.269 e.